The summed E-state index contributed by atoms with van der Waals surface area (Å²) in [5.74, 6) is 1.47. The summed E-state index contributed by atoms with van der Waals surface area (Å²) in [5.41, 5.74) is 1.36. The number of nitrogens with zero attached hydrogens (tertiary/aromatic N) is 1. The van der Waals surface area contributed by atoms with Gasteiger partial charge in [-0.15, -0.1) is 0 Å². The highest BCUT2D eigenvalue weighted by Crippen LogP contribution is 2.33. The SMILES string of the molecule is CCCCCCC.COc1cc(NC(=O)CN2CC(C(C)=O)Oc3ccccc32)cc(OC)c1. The first-order chi connectivity index (χ1) is 16.4. The molecule has 1 unspecified atom stereocenters. The molecule has 3 rings (SSSR count). The molecule has 1 N–H and O–H groups in total. The van der Waals surface area contributed by atoms with E-state index in [2.05, 4.69) is 19.2 Å². The van der Waals surface area contributed by atoms with Crippen LogP contribution in [-0.2, 0) is 9.59 Å². The minimum atomic E-state index is -0.593. The van der Waals surface area contributed by atoms with E-state index in [1.807, 2.05) is 23.1 Å². The normalized spacial score (nSPS) is 14.1. The van der Waals surface area contributed by atoms with Gasteiger partial charge in [0.15, 0.2) is 11.9 Å². The van der Waals surface area contributed by atoms with Gasteiger partial charge in [-0.1, -0.05) is 58.1 Å². The van der Waals surface area contributed by atoms with Crippen LogP contribution in [0.3, 0.4) is 0 Å². The van der Waals surface area contributed by atoms with Gasteiger partial charge in [0, 0.05) is 23.9 Å². The van der Waals surface area contributed by atoms with Crippen LogP contribution in [0.1, 0.15) is 52.9 Å². The van der Waals surface area contributed by atoms with Gasteiger partial charge in [-0.2, -0.15) is 0 Å². The summed E-state index contributed by atoms with van der Waals surface area (Å²) in [7, 11) is 3.10. The van der Waals surface area contributed by atoms with E-state index in [1.54, 1.807) is 38.5 Å². The molecule has 0 fully saturated rings. The number of rotatable bonds is 10. The molecule has 2 aromatic rings. The number of para-hydroxylation sites is 2. The Balaban J connectivity index is 0.000000509. The lowest BCUT2D eigenvalue weighted by molar-refractivity contribution is -0.123. The first kappa shape index (κ1) is 27.0. The number of anilines is 2. The van der Waals surface area contributed by atoms with Crippen LogP contribution in [-0.4, -0.2) is 45.1 Å². The Hall–Kier alpha value is -3.22. The van der Waals surface area contributed by atoms with Crippen molar-refractivity contribution in [2.24, 2.45) is 0 Å². The van der Waals surface area contributed by atoms with Crippen LogP contribution in [0.4, 0.5) is 11.4 Å². The standard InChI is InChI=1S/C20H22N2O5.C7H16/c1-13(23)19-11-22(17-6-4-5-7-18(17)27-19)12-20(24)21-14-8-15(25-2)10-16(9-14)26-3;1-3-5-7-6-4-2/h4-10,19H,11-12H2,1-3H3,(H,21,24);3-7H2,1-2H3. The van der Waals surface area contributed by atoms with Crippen molar-refractivity contribution < 1.29 is 23.8 Å². The molecule has 0 spiro atoms. The molecule has 0 aliphatic carbocycles. The number of carbonyl (C=O) groups excluding carboxylic acids is 2. The molecule has 1 atom stereocenters. The second-order valence-corrected chi connectivity index (χ2v) is 8.28. The molecule has 1 heterocycles. The Morgan fingerprint density at radius 1 is 1.00 bits per heavy atom. The van der Waals surface area contributed by atoms with E-state index in [-0.39, 0.29) is 18.2 Å². The number of ketones is 1. The number of hydrogen-bond acceptors (Lipinski definition) is 6. The lowest BCUT2D eigenvalue weighted by Gasteiger charge is -2.34. The Kier molecular flexibility index (Phi) is 11.2. The lowest BCUT2D eigenvalue weighted by Crippen LogP contribution is -2.46. The second kappa shape index (κ2) is 14.1. The van der Waals surface area contributed by atoms with E-state index < -0.39 is 6.10 Å². The van der Waals surface area contributed by atoms with Gasteiger partial charge in [-0.25, -0.2) is 0 Å². The molecule has 1 aliphatic rings. The maximum atomic E-state index is 12.6. The maximum absolute atomic E-state index is 12.6. The van der Waals surface area contributed by atoms with Crippen molar-refractivity contribution in [1.29, 1.82) is 0 Å². The lowest BCUT2D eigenvalue weighted by atomic mass is 10.1. The number of hydrogen-bond donors (Lipinski definition) is 1. The molecule has 1 aliphatic heterocycles. The van der Waals surface area contributed by atoms with Crippen LogP contribution in [0.2, 0.25) is 0 Å². The summed E-state index contributed by atoms with van der Waals surface area (Å²) in [6.07, 6.45) is 6.42. The molecule has 1 amide bonds. The van der Waals surface area contributed by atoms with Crippen LogP contribution >= 0.6 is 0 Å². The Morgan fingerprint density at radius 3 is 2.18 bits per heavy atom. The average molecular weight is 471 g/mol. The molecular weight excluding hydrogens is 432 g/mol. The monoisotopic (exact) mass is 470 g/mol. The van der Waals surface area contributed by atoms with E-state index in [4.69, 9.17) is 14.2 Å². The van der Waals surface area contributed by atoms with Crippen LogP contribution in [0.25, 0.3) is 0 Å². The number of carbonyl (C=O) groups is 2. The zero-order valence-corrected chi connectivity index (χ0v) is 21.1. The molecule has 0 saturated heterocycles. The number of amides is 1. The largest absolute Gasteiger partial charge is 0.497 e. The van der Waals surface area contributed by atoms with Gasteiger partial charge in [0.2, 0.25) is 5.91 Å². The van der Waals surface area contributed by atoms with Gasteiger partial charge < -0.3 is 24.4 Å². The van der Waals surface area contributed by atoms with Gasteiger partial charge in [0.1, 0.15) is 17.2 Å². The van der Waals surface area contributed by atoms with Crippen molar-refractivity contribution in [2.75, 3.05) is 37.5 Å². The molecular formula is C27H38N2O5. The van der Waals surface area contributed by atoms with Crippen molar-refractivity contribution in [3.8, 4) is 17.2 Å². The highest BCUT2D eigenvalue weighted by Gasteiger charge is 2.29. The molecule has 0 aromatic heterocycles. The van der Waals surface area contributed by atoms with Crippen molar-refractivity contribution in [3.05, 3.63) is 42.5 Å². The number of Topliss-reactive ketones (excluding diaryl/α,β-unsaturated/α-hetero) is 1. The average Bonchev–Trinajstić information content (AvgIpc) is 2.84. The maximum Gasteiger partial charge on any atom is 0.243 e. The van der Waals surface area contributed by atoms with Crippen LogP contribution in [0, 0.1) is 0 Å². The zero-order chi connectivity index (χ0) is 24.9. The summed E-state index contributed by atoms with van der Waals surface area (Å²) < 4.78 is 16.2. The summed E-state index contributed by atoms with van der Waals surface area (Å²) in [5, 5.41) is 2.85. The van der Waals surface area contributed by atoms with Gasteiger partial charge in [-0.3, -0.25) is 9.59 Å². The zero-order valence-electron chi connectivity index (χ0n) is 21.1. The van der Waals surface area contributed by atoms with Crippen LogP contribution < -0.4 is 24.4 Å². The molecule has 186 valence electrons. The molecule has 0 radical (unpaired) electrons. The second-order valence-electron chi connectivity index (χ2n) is 8.28. The number of unbranched alkanes of at least 4 members (excludes halogenated alkanes) is 4. The van der Waals surface area contributed by atoms with Gasteiger partial charge in [0.05, 0.1) is 33.0 Å². The van der Waals surface area contributed by atoms with E-state index in [9.17, 15) is 9.59 Å². The molecule has 0 bridgehead atoms. The highest BCUT2D eigenvalue weighted by atomic mass is 16.5. The number of nitrogens with one attached hydrogen (secondary N) is 1. The van der Waals surface area contributed by atoms with Crippen LogP contribution in [0.15, 0.2) is 42.5 Å². The molecule has 7 heteroatoms. The fraction of sp³-hybridized carbons (Fsp3) is 0.481. The molecule has 34 heavy (non-hydrogen) atoms. The van der Waals surface area contributed by atoms with Crippen molar-refractivity contribution >= 4 is 23.1 Å². The third-order valence-corrected chi connectivity index (χ3v) is 5.49. The van der Waals surface area contributed by atoms with Gasteiger partial charge in [0.25, 0.3) is 0 Å². The molecule has 0 saturated carbocycles. The summed E-state index contributed by atoms with van der Waals surface area (Å²) >= 11 is 0. The van der Waals surface area contributed by atoms with E-state index in [0.717, 1.165) is 5.69 Å². The van der Waals surface area contributed by atoms with Gasteiger partial charge in [-0.05, 0) is 19.1 Å². The Bertz CT molecular complexity index is 905. The summed E-state index contributed by atoms with van der Waals surface area (Å²) in [6, 6.07) is 12.5. The summed E-state index contributed by atoms with van der Waals surface area (Å²) in [6.45, 7) is 6.38. The van der Waals surface area contributed by atoms with Crippen molar-refractivity contribution in [1.82, 2.24) is 0 Å². The number of benzene rings is 2. The Morgan fingerprint density at radius 2 is 1.62 bits per heavy atom. The van der Waals surface area contributed by atoms with Gasteiger partial charge >= 0.3 is 0 Å². The minimum Gasteiger partial charge on any atom is -0.497 e. The predicted molar refractivity (Wildman–Crippen MR) is 136 cm³/mol. The quantitative estimate of drug-likeness (QED) is 0.464. The minimum absolute atomic E-state index is 0.0764. The van der Waals surface area contributed by atoms with Crippen molar-refractivity contribution in [3.63, 3.8) is 0 Å². The highest BCUT2D eigenvalue weighted by molar-refractivity contribution is 5.95. The third kappa shape index (κ3) is 8.28. The van der Waals surface area contributed by atoms with E-state index in [0.29, 0.717) is 29.5 Å². The predicted octanol–water partition coefficient (Wildman–Crippen LogP) is 5.48. The number of fused-ring (bicyclic) bond motifs is 1. The smallest absolute Gasteiger partial charge is 0.243 e. The fourth-order valence-electron chi connectivity index (χ4n) is 3.60. The first-order valence-corrected chi connectivity index (χ1v) is 12.0. The van der Waals surface area contributed by atoms with Crippen LogP contribution in [0.5, 0.6) is 17.2 Å². The van der Waals surface area contributed by atoms with Crippen molar-refractivity contribution in [2.45, 2.75) is 59.0 Å². The fourth-order valence-corrected chi connectivity index (χ4v) is 3.60. The molecule has 2 aromatic carbocycles. The Labute approximate surface area is 203 Å². The third-order valence-electron chi connectivity index (χ3n) is 5.49. The van der Waals surface area contributed by atoms with E-state index in [1.165, 1.54) is 39.0 Å². The number of ether oxygens (including phenoxy) is 3. The summed E-state index contributed by atoms with van der Waals surface area (Å²) in [4.78, 5) is 26.2. The molecule has 7 nitrogen and oxygen atoms in total. The van der Waals surface area contributed by atoms with E-state index >= 15 is 0 Å². The topological polar surface area (TPSA) is 77.1 Å². The first-order valence-electron chi connectivity index (χ1n) is 12.0. The number of methoxy groups -OCH3 is 2.